The van der Waals surface area contributed by atoms with Crippen LogP contribution in [0.2, 0.25) is 0 Å². The molecule has 1 aliphatic rings. The smallest absolute Gasteiger partial charge is 0.224 e. The molecular weight excluding hydrogens is 314 g/mol. The zero-order chi connectivity index (χ0) is 16.4. The van der Waals surface area contributed by atoms with Crippen LogP contribution in [0, 0.1) is 0 Å². The van der Waals surface area contributed by atoms with Gasteiger partial charge < -0.3 is 9.47 Å². The van der Waals surface area contributed by atoms with E-state index in [9.17, 15) is 13.2 Å². The molecule has 1 aliphatic heterocycles. The second-order valence-electron chi connectivity index (χ2n) is 5.91. The molecular formula is C16H21N3O3S. The van der Waals surface area contributed by atoms with Gasteiger partial charge in [-0.3, -0.25) is 4.79 Å². The molecule has 1 aromatic carbocycles. The maximum absolute atomic E-state index is 12.5. The van der Waals surface area contributed by atoms with E-state index in [1.807, 2.05) is 35.8 Å². The highest BCUT2D eigenvalue weighted by molar-refractivity contribution is 7.91. The summed E-state index contributed by atoms with van der Waals surface area (Å²) in [6.07, 6.45) is 2.65. The second-order valence-corrected chi connectivity index (χ2v) is 8.14. The van der Waals surface area contributed by atoms with Crippen LogP contribution in [0.25, 0.3) is 11.0 Å². The highest BCUT2D eigenvalue weighted by Crippen LogP contribution is 2.19. The van der Waals surface area contributed by atoms with Gasteiger partial charge in [0.15, 0.2) is 9.84 Å². The number of carbonyl (C=O) groups is 1. The average Bonchev–Trinajstić information content (AvgIpc) is 3.09. The number of nitrogens with zero attached hydrogens (tertiary/aromatic N) is 3. The summed E-state index contributed by atoms with van der Waals surface area (Å²) in [7, 11) is -2.98. The van der Waals surface area contributed by atoms with Crippen molar-refractivity contribution in [2.75, 3.05) is 18.1 Å². The van der Waals surface area contributed by atoms with Gasteiger partial charge in [0.05, 0.1) is 28.9 Å². The van der Waals surface area contributed by atoms with Gasteiger partial charge >= 0.3 is 0 Å². The summed E-state index contributed by atoms with van der Waals surface area (Å²) in [4.78, 5) is 18.5. The van der Waals surface area contributed by atoms with Crippen molar-refractivity contribution in [2.24, 2.45) is 0 Å². The van der Waals surface area contributed by atoms with E-state index < -0.39 is 9.84 Å². The fourth-order valence-corrected chi connectivity index (χ4v) is 4.94. The number of aryl methyl sites for hydroxylation is 1. The minimum atomic E-state index is -2.98. The Bertz CT molecular complexity index is 813. The van der Waals surface area contributed by atoms with E-state index in [1.165, 1.54) is 0 Å². The minimum Gasteiger partial charge on any atom is -0.339 e. The molecule has 0 spiro atoms. The summed E-state index contributed by atoms with van der Waals surface area (Å²) < 4.78 is 25.2. The first-order valence-corrected chi connectivity index (χ1v) is 9.72. The van der Waals surface area contributed by atoms with Crippen LogP contribution in [-0.4, -0.2) is 52.9 Å². The van der Waals surface area contributed by atoms with Crippen LogP contribution in [0.15, 0.2) is 30.6 Å². The molecule has 0 saturated carbocycles. The van der Waals surface area contributed by atoms with Crippen LogP contribution in [0.3, 0.4) is 0 Å². The van der Waals surface area contributed by atoms with Crippen LogP contribution in [-0.2, 0) is 21.2 Å². The van der Waals surface area contributed by atoms with Gasteiger partial charge in [-0.15, -0.1) is 0 Å². The summed E-state index contributed by atoms with van der Waals surface area (Å²) in [5.41, 5.74) is 1.92. The number of benzene rings is 1. The lowest BCUT2D eigenvalue weighted by atomic mass is 10.2. The zero-order valence-electron chi connectivity index (χ0n) is 13.2. The van der Waals surface area contributed by atoms with Gasteiger partial charge in [-0.1, -0.05) is 12.1 Å². The van der Waals surface area contributed by atoms with Crippen LogP contribution in [0.1, 0.15) is 19.8 Å². The lowest BCUT2D eigenvalue weighted by molar-refractivity contribution is -0.133. The molecule has 1 saturated heterocycles. The number of amides is 1. The Morgan fingerprint density at radius 3 is 2.87 bits per heavy atom. The molecule has 1 unspecified atom stereocenters. The quantitative estimate of drug-likeness (QED) is 0.829. The van der Waals surface area contributed by atoms with Crippen LogP contribution in [0.4, 0.5) is 0 Å². The van der Waals surface area contributed by atoms with Crippen molar-refractivity contribution >= 4 is 26.8 Å². The van der Waals surface area contributed by atoms with E-state index in [1.54, 1.807) is 11.2 Å². The predicted molar refractivity (Wildman–Crippen MR) is 88.8 cm³/mol. The fourth-order valence-electron chi connectivity index (χ4n) is 3.21. The van der Waals surface area contributed by atoms with Gasteiger partial charge in [0.25, 0.3) is 0 Å². The Labute approximate surface area is 136 Å². The van der Waals surface area contributed by atoms with Gasteiger partial charge in [-0.05, 0) is 25.5 Å². The Morgan fingerprint density at radius 2 is 2.17 bits per heavy atom. The van der Waals surface area contributed by atoms with Crippen LogP contribution >= 0.6 is 0 Å². The van der Waals surface area contributed by atoms with Crippen molar-refractivity contribution in [3.8, 4) is 0 Å². The monoisotopic (exact) mass is 335 g/mol. The first-order chi connectivity index (χ1) is 11.0. The van der Waals surface area contributed by atoms with Crippen molar-refractivity contribution in [1.29, 1.82) is 0 Å². The number of rotatable bonds is 5. The molecule has 0 N–H and O–H groups in total. The fraction of sp³-hybridized carbons (Fsp3) is 0.500. The molecule has 23 heavy (non-hydrogen) atoms. The Balaban J connectivity index is 1.66. The van der Waals surface area contributed by atoms with Crippen molar-refractivity contribution in [3.05, 3.63) is 30.6 Å². The van der Waals surface area contributed by atoms with E-state index in [-0.39, 0.29) is 23.5 Å². The molecule has 1 atom stereocenters. The molecule has 0 radical (unpaired) electrons. The number of hydrogen-bond donors (Lipinski definition) is 0. The van der Waals surface area contributed by atoms with Crippen molar-refractivity contribution < 1.29 is 13.2 Å². The third kappa shape index (κ3) is 3.39. The molecule has 0 bridgehead atoms. The maximum atomic E-state index is 12.5. The van der Waals surface area contributed by atoms with E-state index in [4.69, 9.17) is 0 Å². The summed E-state index contributed by atoms with van der Waals surface area (Å²) in [5, 5.41) is 0. The first-order valence-electron chi connectivity index (χ1n) is 7.90. The Hall–Kier alpha value is -1.89. The van der Waals surface area contributed by atoms with E-state index >= 15 is 0 Å². The topological polar surface area (TPSA) is 72.3 Å². The lowest BCUT2D eigenvalue weighted by Crippen LogP contribution is -2.41. The van der Waals surface area contributed by atoms with Crippen molar-refractivity contribution in [3.63, 3.8) is 0 Å². The molecule has 1 fully saturated rings. The molecule has 1 aromatic heterocycles. The minimum absolute atomic E-state index is 0.00683. The zero-order valence-corrected chi connectivity index (χ0v) is 14.0. The number of carbonyl (C=O) groups excluding carboxylic acids is 1. The van der Waals surface area contributed by atoms with Crippen molar-refractivity contribution in [1.82, 2.24) is 14.5 Å². The van der Waals surface area contributed by atoms with Gasteiger partial charge in [0.1, 0.15) is 0 Å². The lowest BCUT2D eigenvalue weighted by Gasteiger charge is -2.27. The highest BCUT2D eigenvalue weighted by Gasteiger charge is 2.33. The van der Waals surface area contributed by atoms with Crippen molar-refractivity contribution in [2.45, 2.75) is 32.4 Å². The van der Waals surface area contributed by atoms with Crippen LogP contribution in [0.5, 0.6) is 0 Å². The number of sulfone groups is 1. The maximum Gasteiger partial charge on any atom is 0.224 e. The van der Waals surface area contributed by atoms with Gasteiger partial charge in [-0.25, -0.2) is 13.4 Å². The van der Waals surface area contributed by atoms with Gasteiger partial charge in [-0.2, -0.15) is 0 Å². The third-order valence-corrected chi connectivity index (χ3v) is 6.15. The van der Waals surface area contributed by atoms with Crippen LogP contribution < -0.4 is 0 Å². The Morgan fingerprint density at radius 1 is 1.39 bits per heavy atom. The molecule has 7 heteroatoms. The van der Waals surface area contributed by atoms with E-state index in [0.29, 0.717) is 25.9 Å². The number of imidazole rings is 1. The highest BCUT2D eigenvalue weighted by atomic mass is 32.2. The second kappa shape index (κ2) is 6.31. The first kappa shape index (κ1) is 16.0. The van der Waals surface area contributed by atoms with Gasteiger partial charge in [0.2, 0.25) is 5.91 Å². The largest absolute Gasteiger partial charge is 0.339 e. The number of para-hydroxylation sites is 2. The number of fused-ring (bicyclic) bond motifs is 1. The molecule has 2 heterocycles. The summed E-state index contributed by atoms with van der Waals surface area (Å²) in [6.45, 7) is 2.99. The normalized spacial score (nSPS) is 20.0. The van der Waals surface area contributed by atoms with Gasteiger partial charge in [0, 0.05) is 25.6 Å². The SMILES string of the molecule is CCN(C(=O)CCn1cnc2ccccc21)C1CCS(=O)(=O)C1. The number of aromatic nitrogens is 2. The molecule has 3 rings (SSSR count). The third-order valence-electron chi connectivity index (χ3n) is 4.40. The molecule has 6 nitrogen and oxygen atoms in total. The predicted octanol–water partition coefficient (Wildman–Crippen LogP) is 1.46. The summed E-state index contributed by atoms with van der Waals surface area (Å²) >= 11 is 0. The molecule has 1 amide bonds. The molecule has 2 aromatic rings. The van der Waals surface area contributed by atoms with E-state index in [0.717, 1.165) is 11.0 Å². The summed E-state index contributed by atoms with van der Waals surface area (Å²) in [5.74, 6) is 0.293. The average molecular weight is 335 g/mol. The number of hydrogen-bond acceptors (Lipinski definition) is 4. The standard InChI is InChI=1S/C16H21N3O3S/c1-2-19(13-8-10-23(21,22)11-13)16(20)7-9-18-12-17-14-5-3-4-6-15(14)18/h3-6,12-13H,2,7-11H2,1H3. The van der Waals surface area contributed by atoms with E-state index in [2.05, 4.69) is 4.98 Å². The molecule has 0 aliphatic carbocycles. The molecule has 124 valence electrons. The summed E-state index contributed by atoms with van der Waals surface area (Å²) in [6, 6.07) is 7.63. The Kier molecular flexibility index (Phi) is 4.39.